The molecule has 1 heterocycles. The Balaban J connectivity index is 2.00. The van der Waals surface area contributed by atoms with E-state index in [4.69, 9.17) is 0 Å². The fourth-order valence-corrected chi connectivity index (χ4v) is 4.29. The molecule has 2 rings (SSSR count). The second kappa shape index (κ2) is 5.77. The van der Waals surface area contributed by atoms with E-state index in [0.717, 1.165) is 12.1 Å². The zero-order valence-electron chi connectivity index (χ0n) is 10.3. The van der Waals surface area contributed by atoms with E-state index in [1.807, 2.05) is 0 Å². The highest BCUT2D eigenvalue weighted by Crippen LogP contribution is 2.25. The molecule has 1 aromatic carbocycles. The van der Waals surface area contributed by atoms with Crippen LogP contribution in [-0.4, -0.2) is 25.8 Å². The first-order chi connectivity index (χ1) is 9.27. The van der Waals surface area contributed by atoms with E-state index >= 15 is 0 Å². The number of hydrogen-bond donors (Lipinski definition) is 1. The van der Waals surface area contributed by atoms with Crippen molar-refractivity contribution in [3.8, 4) is 0 Å². The molecule has 1 saturated heterocycles. The molecule has 8 heteroatoms. The van der Waals surface area contributed by atoms with Crippen molar-refractivity contribution in [1.82, 2.24) is 0 Å². The predicted molar refractivity (Wildman–Crippen MR) is 74.1 cm³/mol. The lowest BCUT2D eigenvalue weighted by atomic mass is 10.1. The van der Waals surface area contributed by atoms with Crippen LogP contribution < -0.4 is 5.32 Å². The Bertz CT molecular complexity index is 648. The first-order valence-electron chi connectivity index (χ1n) is 5.91. The topological polar surface area (TPSA) is 63.2 Å². The summed E-state index contributed by atoms with van der Waals surface area (Å²) < 4.78 is 49.3. The number of sulfone groups is 1. The van der Waals surface area contributed by atoms with Crippen molar-refractivity contribution in [2.75, 3.05) is 16.8 Å². The van der Waals surface area contributed by atoms with Crippen LogP contribution in [-0.2, 0) is 14.6 Å². The van der Waals surface area contributed by atoms with Gasteiger partial charge in [0, 0.05) is 12.5 Å². The van der Waals surface area contributed by atoms with Crippen LogP contribution in [0.1, 0.15) is 12.8 Å². The third kappa shape index (κ3) is 3.76. The molecule has 1 aliphatic heterocycles. The van der Waals surface area contributed by atoms with Gasteiger partial charge >= 0.3 is 0 Å². The third-order valence-corrected chi connectivity index (χ3v) is 5.53. The van der Waals surface area contributed by atoms with Crippen LogP contribution in [0, 0.1) is 17.6 Å². The minimum atomic E-state index is -3.05. The molecule has 0 spiro atoms. The van der Waals surface area contributed by atoms with Crippen molar-refractivity contribution in [2.45, 2.75) is 12.8 Å². The number of carbonyl (C=O) groups excluding carboxylic acids is 1. The van der Waals surface area contributed by atoms with E-state index in [9.17, 15) is 22.0 Å². The molecule has 1 N–H and O–H groups in total. The molecule has 1 atom stereocenters. The minimum Gasteiger partial charge on any atom is -0.324 e. The number of amides is 1. The maximum absolute atomic E-state index is 13.5. The van der Waals surface area contributed by atoms with E-state index in [2.05, 4.69) is 21.2 Å². The molecule has 1 aromatic rings. The third-order valence-electron chi connectivity index (χ3n) is 3.08. The lowest BCUT2D eigenvalue weighted by Gasteiger charge is -2.10. The van der Waals surface area contributed by atoms with Gasteiger partial charge in [-0.25, -0.2) is 17.2 Å². The van der Waals surface area contributed by atoms with Crippen molar-refractivity contribution in [1.29, 1.82) is 0 Å². The lowest BCUT2D eigenvalue weighted by molar-refractivity contribution is -0.116. The van der Waals surface area contributed by atoms with E-state index in [0.29, 0.717) is 6.42 Å². The average molecular weight is 368 g/mol. The zero-order chi connectivity index (χ0) is 14.9. The highest BCUT2D eigenvalue weighted by molar-refractivity contribution is 9.10. The quantitative estimate of drug-likeness (QED) is 0.834. The molecule has 1 amide bonds. The minimum absolute atomic E-state index is 0.0175. The van der Waals surface area contributed by atoms with Gasteiger partial charge in [-0.2, -0.15) is 0 Å². The Morgan fingerprint density at radius 1 is 1.35 bits per heavy atom. The SMILES string of the molecule is O=C(CC1CCS(=O)(=O)C1)Nc1cc(F)c(Br)cc1F. The Morgan fingerprint density at radius 2 is 2.05 bits per heavy atom. The van der Waals surface area contributed by atoms with Gasteiger partial charge in [0.25, 0.3) is 0 Å². The van der Waals surface area contributed by atoms with Gasteiger partial charge in [-0.3, -0.25) is 4.79 Å². The fourth-order valence-electron chi connectivity index (χ4n) is 2.11. The number of benzene rings is 1. The van der Waals surface area contributed by atoms with Crippen LogP contribution in [0.2, 0.25) is 0 Å². The zero-order valence-corrected chi connectivity index (χ0v) is 12.7. The van der Waals surface area contributed by atoms with Crippen LogP contribution in [0.3, 0.4) is 0 Å². The number of rotatable bonds is 3. The second-order valence-corrected chi connectivity index (χ2v) is 7.85. The summed E-state index contributed by atoms with van der Waals surface area (Å²) in [4.78, 5) is 11.7. The van der Waals surface area contributed by atoms with Crippen molar-refractivity contribution in [3.05, 3.63) is 28.2 Å². The van der Waals surface area contributed by atoms with E-state index in [1.54, 1.807) is 0 Å². The van der Waals surface area contributed by atoms with Gasteiger partial charge in [0.1, 0.15) is 11.6 Å². The standard InChI is InChI=1S/C12H12BrF2NO3S/c13-8-4-10(15)11(5-9(8)14)16-12(17)3-7-1-2-20(18,19)6-7/h4-5,7H,1-3,6H2,(H,16,17). The summed E-state index contributed by atoms with van der Waals surface area (Å²) in [6, 6.07) is 1.80. The Labute approximate surface area is 123 Å². The molecule has 0 aliphatic carbocycles. The summed E-state index contributed by atoms with van der Waals surface area (Å²) in [5.41, 5.74) is -0.253. The smallest absolute Gasteiger partial charge is 0.224 e. The van der Waals surface area contributed by atoms with Crippen LogP contribution in [0.5, 0.6) is 0 Å². The van der Waals surface area contributed by atoms with Gasteiger partial charge in [0.05, 0.1) is 21.7 Å². The van der Waals surface area contributed by atoms with Crippen LogP contribution in [0.15, 0.2) is 16.6 Å². The summed E-state index contributed by atoms with van der Waals surface area (Å²) in [6.45, 7) is 0. The second-order valence-electron chi connectivity index (χ2n) is 4.77. The number of anilines is 1. The van der Waals surface area contributed by atoms with Crippen LogP contribution in [0.4, 0.5) is 14.5 Å². The maximum atomic E-state index is 13.5. The van der Waals surface area contributed by atoms with Crippen molar-refractivity contribution in [3.63, 3.8) is 0 Å². The Hall–Kier alpha value is -1.02. The molecule has 1 aliphatic rings. The molecule has 0 bridgehead atoms. The first kappa shape index (κ1) is 15.4. The first-order valence-corrected chi connectivity index (χ1v) is 8.53. The van der Waals surface area contributed by atoms with Crippen LogP contribution in [0.25, 0.3) is 0 Å². The summed E-state index contributed by atoms with van der Waals surface area (Å²) in [5, 5.41) is 2.26. The normalized spacial score (nSPS) is 20.9. The number of carbonyl (C=O) groups is 1. The molecule has 110 valence electrons. The highest BCUT2D eigenvalue weighted by Gasteiger charge is 2.29. The van der Waals surface area contributed by atoms with Crippen molar-refractivity contribution >= 4 is 37.4 Å². The molecular formula is C12H12BrF2NO3S. The summed E-state index contributed by atoms with van der Waals surface area (Å²) in [7, 11) is -3.05. The largest absolute Gasteiger partial charge is 0.324 e. The van der Waals surface area contributed by atoms with Crippen LogP contribution >= 0.6 is 15.9 Å². The van der Waals surface area contributed by atoms with Gasteiger partial charge in [0.15, 0.2) is 9.84 Å². The maximum Gasteiger partial charge on any atom is 0.224 e. The highest BCUT2D eigenvalue weighted by atomic mass is 79.9. The molecule has 1 fully saturated rings. The Kier molecular flexibility index (Phi) is 4.43. The average Bonchev–Trinajstić information content (AvgIpc) is 2.65. The van der Waals surface area contributed by atoms with E-state index in [1.165, 1.54) is 0 Å². The van der Waals surface area contributed by atoms with Gasteiger partial charge in [-0.1, -0.05) is 0 Å². The predicted octanol–water partition coefficient (Wildman–Crippen LogP) is 2.49. The number of nitrogens with one attached hydrogen (secondary N) is 1. The fraction of sp³-hybridized carbons (Fsp3) is 0.417. The Morgan fingerprint density at radius 3 is 2.65 bits per heavy atom. The summed E-state index contributed by atoms with van der Waals surface area (Å²) in [6.07, 6.45) is 0.406. The molecule has 20 heavy (non-hydrogen) atoms. The molecule has 0 radical (unpaired) electrons. The van der Waals surface area contributed by atoms with Gasteiger partial charge < -0.3 is 5.32 Å². The molecule has 0 saturated carbocycles. The number of hydrogen-bond acceptors (Lipinski definition) is 3. The van der Waals surface area contributed by atoms with E-state index < -0.39 is 27.4 Å². The van der Waals surface area contributed by atoms with Gasteiger partial charge in [-0.15, -0.1) is 0 Å². The molecule has 4 nitrogen and oxygen atoms in total. The molecule has 0 aromatic heterocycles. The van der Waals surface area contributed by atoms with Gasteiger partial charge in [0.2, 0.25) is 5.91 Å². The monoisotopic (exact) mass is 367 g/mol. The summed E-state index contributed by atoms with van der Waals surface area (Å²) >= 11 is 2.84. The van der Waals surface area contributed by atoms with Gasteiger partial charge in [-0.05, 0) is 34.3 Å². The van der Waals surface area contributed by atoms with Crippen molar-refractivity contribution < 1.29 is 22.0 Å². The van der Waals surface area contributed by atoms with Crippen molar-refractivity contribution in [2.24, 2.45) is 5.92 Å². The number of halogens is 3. The van der Waals surface area contributed by atoms with E-state index in [-0.39, 0.29) is 34.0 Å². The molecular weight excluding hydrogens is 356 g/mol. The lowest BCUT2D eigenvalue weighted by Crippen LogP contribution is -2.18. The summed E-state index contributed by atoms with van der Waals surface area (Å²) in [5.74, 6) is -2.18. The molecule has 1 unspecified atom stereocenters.